The maximum Gasteiger partial charge on any atom is 0.273 e. The van der Waals surface area contributed by atoms with E-state index in [1.54, 1.807) is 12.1 Å². The molecule has 0 unspecified atom stereocenters. The fourth-order valence-electron chi connectivity index (χ4n) is 2.25. The molecule has 6 nitrogen and oxygen atoms in total. The van der Waals surface area contributed by atoms with Crippen molar-refractivity contribution in [2.24, 2.45) is 0 Å². The Morgan fingerprint density at radius 1 is 1.30 bits per heavy atom. The normalized spacial score (nSPS) is 18.6. The number of nitrogens with zero attached hydrogens (tertiary/aromatic N) is 2. The van der Waals surface area contributed by atoms with Crippen LogP contribution >= 0.6 is 11.6 Å². The minimum Gasteiger partial charge on any atom is -0.370 e. The molecule has 1 aromatic rings. The molecule has 0 aromatic heterocycles. The monoisotopic (exact) mass is 318 g/mol. The molecule has 0 saturated carbocycles. The van der Waals surface area contributed by atoms with E-state index in [0.717, 1.165) is 5.69 Å². The predicted molar refractivity (Wildman–Crippen MR) is 78.1 cm³/mol. The summed E-state index contributed by atoms with van der Waals surface area (Å²) in [6, 6.07) is 4.74. The Kier molecular flexibility index (Phi) is 4.49. The Hall–Kier alpha value is -1.34. The molecule has 1 aromatic carbocycles. The van der Waals surface area contributed by atoms with Gasteiger partial charge in [0.05, 0.1) is 22.3 Å². The third kappa shape index (κ3) is 3.40. The largest absolute Gasteiger partial charge is 0.370 e. The molecule has 1 heterocycles. The van der Waals surface area contributed by atoms with Crippen LogP contribution in [-0.4, -0.2) is 37.9 Å². The summed E-state index contributed by atoms with van der Waals surface area (Å²) in [7, 11) is -2.97. The summed E-state index contributed by atoms with van der Waals surface area (Å²) in [5.74, 6) is 0.356. The SMILES string of the molecule is O=[N+]([O-])c1ccc(N2CCCS(=O)(=O)CC2)cc1CCl. The van der Waals surface area contributed by atoms with Gasteiger partial charge in [0.25, 0.3) is 5.69 Å². The average molecular weight is 319 g/mol. The minimum atomic E-state index is -2.97. The van der Waals surface area contributed by atoms with Crippen LogP contribution < -0.4 is 4.90 Å². The Morgan fingerprint density at radius 2 is 2.05 bits per heavy atom. The van der Waals surface area contributed by atoms with Gasteiger partial charge in [-0.1, -0.05) is 0 Å². The molecule has 1 fully saturated rings. The zero-order valence-corrected chi connectivity index (χ0v) is 12.4. The van der Waals surface area contributed by atoms with E-state index in [0.29, 0.717) is 25.1 Å². The van der Waals surface area contributed by atoms with E-state index in [-0.39, 0.29) is 23.1 Å². The zero-order valence-electron chi connectivity index (χ0n) is 10.8. The van der Waals surface area contributed by atoms with E-state index < -0.39 is 14.8 Å². The molecular formula is C12H15ClN2O4S. The number of hydrogen-bond acceptors (Lipinski definition) is 5. The third-order valence-electron chi connectivity index (χ3n) is 3.32. The summed E-state index contributed by atoms with van der Waals surface area (Å²) < 4.78 is 23.2. The van der Waals surface area contributed by atoms with Gasteiger partial charge < -0.3 is 4.90 Å². The first-order chi connectivity index (χ1) is 9.43. The van der Waals surface area contributed by atoms with Crippen molar-refractivity contribution in [2.45, 2.75) is 12.3 Å². The molecule has 0 aliphatic carbocycles. The summed E-state index contributed by atoms with van der Waals surface area (Å²) in [6.45, 7) is 1.03. The molecule has 2 rings (SSSR count). The van der Waals surface area contributed by atoms with Gasteiger partial charge in [-0.2, -0.15) is 0 Å². The summed E-state index contributed by atoms with van der Waals surface area (Å²) in [5, 5.41) is 10.9. The Morgan fingerprint density at radius 3 is 2.70 bits per heavy atom. The van der Waals surface area contributed by atoms with E-state index >= 15 is 0 Å². The first kappa shape index (κ1) is 15.1. The van der Waals surface area contributed by atoms with Gasteiger partial charge in [-0.3, -0.25) is 10.1 Å². The lowest BCUT2D eigenvalue weighted by atomic mass is 10.1. The predicted octanol–water partition coefficient (Wildman–Crippen LogP) is 1.96. The molecule has 1 aliphatic heterocycles. The molecule has 0 amide bonds. The van der Waals surface area contributed by atoms with Crippen LogP contribution in [0, 0.1) is 10.1 Å². The number of hydrogen-bond donors (Lipinski definition) is 0. The average Bonchev–Trinajstić information content (AvgIpc) is 2.59. The van der Waals surface area contributed by atoms with E-state index in [2.05, 4.69) is 0 Å². The second-order valence-electron chi connectivity index (χ2n) is 4.70. The molecule has 1 saturated heterocycles. The summed E-state index contributed by atoms with van der Waals surface area (Å²) in [5.41, 5.74) is 1.22. The maximum atomic E-state index is 11.6. The quantitative estimate of drug-likeness (QED) is 0.483. The fourth-order valence-corrected chi connectivity index (χ4v) is 3.74. The van der Waals surface area contributed by atoms with Crippen LogP contribution in [-0.2, 0) is 15.7 Å². The van der Waals surface area contributed by atoms with E-state index in [9.17, 15) is 18.5 Å². The van der Waals surface area contributed by atoms with Crippen molar-refractivity contribution in [3.05, 3.63) is 33.9 Å². The number of benzene rings is 1. The van der Waals surface area contributed by atoms with Crippen molar-refractivity contribution < 1.29 is 13.3 Å². The number of nitro benzene ring substituents is 1. The summed E-state index contributed by atoms with van der Waals surface area (Å²) in [6.07, 6.45) is 0.565. The second kappa shape index (κ2) is 5.97. The van der Waals surface area contributed by atoms with Gasteiger partial charge in [0, 0.05) is 30.4 Å². The molecular weight excluding hydrogens is 304 g/mol. The maximum absolute atomic E-state index is 11.6. The Labute approximate surface area is 122 Å². The van der Waals surface area contributed by atoms with Gasteiger partial charge in [-0.25, -0.2) is 8.42 Å². The van der Waals surface area contributed by atoms with Crippen LogP contribution in [0.3, 0.4) is 0 Å². The van der Waals surface area contributed by atoms with Crippen molar-refractivity contribution in [2.75, 3.05) is 29.5 Å². The van der Waals surface area contributed by atoms with Crippen LogP contribution in [0.5, 0.6) is 0 Å². The van der Waals surface area contributed by atoms with Crippen molar-refractivity contribution in [1.29, 1.82) is 0 Å². The van der Waals surface area contributed by atoms with Crippen LogP contribution in [0.15, 0.2) is 18.2 Å². The molecule has 0 N–H and O–H groups in total. The zero-order chi connectivity index (χ0) is 14.8. The highest BCUT2D eigenvalue weighted by molar-refractivity contribution is 7.91. The van der Waals surface area contributed by atoms with Gasteiger partial charge in [-0.05, 0) is 18.6 Å². The van der Waals surface area contributed by atoms with E-state index in [4.69, 9.17) is 11.6 Å². The summed E-state index contributed by atoms with van der Waals surface area (Å²) in [4.78, 5) is 12.3. The van der Waals surface area contributed by atoms with E-state index in [1.165, 1.54) is 6.07 Å². The smallest absolute Gasteiger partial charge is 0.273 e. The summed E-state index contributed by atoms with van der Waals surface area (Å²) >= 11 is 5.75. The van der Waals surface area contributed by atoms with Crippen LogP contribution in [0.1, 0.15) is 12.0 Å². The number of sulfone groups is 1. The molecule has 0 atom stereocenters. The van der Waals surface area contributed by atoms with Crippen LogP contribution in [0.4, 0.5) is 11.4 Å². The molecule has 1 aliphatic rings. The van der Waals surface area contributed by atoms with Gasteiger partial charge >= 0.3 is 0 Å². The second-order valence-corrected chi connectivity index (χ2v) is 7.27. The molecule has 20 heavy (non-hydrogen) atoms. The number of anilines is 1. The standard InChI is InChI=1S/C12H15ClN2O4S/c13-9-10-8-11(2-3-12(10)15(16)17)14-4-1-6-20(18,19)7-5-14/h2-3,8H,1,4-7,9H2. The first-order valence-electron chi connectivity index (χ1n) is 6.21. The molecule has 0 spiro atoms. The Balaban J connectivity index is 2.27. The lowest BCUT2D eigenvalue weighted by Gasteiger charge is -2.22. The number of rotatable bonds is 3. The highest BCUT2D eigenvalue weighted by atomic mass is 35.5. The number of alkyl halides is 1. The molecule has 0 radical (unpaired) electrons. The lowest BCUT2D eigenvalue weighted by molar-refractivity contribution is -0.385. The molecule has 8 heteroatoms. The van der Waals surface area contributed by atoms with Gasteiger partial charge in [0.15, 0.2) is 9.84 Å². The van der Waals surface area contributed by atoms with Crippen molar-refractivity contribution in [1.82, 2.24) is 0 Å². The lowest BCUT2D eigenvalue weighted by Crippen LogP contribution is -2.26. The van der Waals surface area contributed by atoms with Gasteiger partial charge in [-0.15, -0.1) is 11.6 Å². The highest BCUT2D eigenvalue weighted by Crippen LogP contribution is 2.27. The minimum absolute atomic E-state index is 0.00815. The number of nitro groups is 1. The first-order valence-corrected chi connectivity index (χ1v) is 8.57. The molecule has 0 bridgehead atoms. The van der Waals surface area contributed by atoms with Crippen LogP contribution in [0.25, 0.3) is 0 Å². The molecule has 110 valence electrons. The van der Waals surface area contributed by atoms with Gasteiger partial charge in [0.1, 0.15) is 0 Å². The fraction of sp³-hybridized carbons (Fsp3) is 0.500. The van der Waals surface area contributed by atoms with E-state index in [1.807, 2.05) is 4.90 Å². The number of halogens is 1. The topological polar surface area (TPSA) is 80.5 Å². The van der Waals surface area contributed by atoms with Crippen LogP contribution in [0.2, 0.25) is 0 Å². The highest BCUT2D eigenvalue weighted by Gasteiger charge is 2.21. The van der Waals surface area contributed by atoms with Crippen molar-refractivity contribution in [3.8, 4) is 0 Å². The third-order valence-corrected chi connectivity index (χ3v) is 5.33. The Bertz CT molecular complexity index is 618. The van der Waals surface area contributed by atoms with Gasteiger partial charge in [0.2, 0.25) is 0 Å². The van der Waals surface area contributed by atoms with Crippen molar-refractivity contribution in [3.63, 3.8) is 0 Å². The van der Waals surface area contributed by atoms with Crippen molar-refractivity contribution >= 4 is 32.8 Å².